The number of hydrogen-bond donors (Lipinski definition) is 1. The van der Waals surface area contributed by atoms with Crippen molar-refractivity contribution in [1.82, 2.24) is 0 Å². The van der Waals surface area contributed by atoms with Crippen LogP contribution in [0.4, 0.5) is 5.69 Å². The maximum atomic E-state index is 13.2. The highest BCUT2D eigenvalue weighted by Crippen LogP contribution is 2.45. The summed E-state index contributed by atoms with van der Waals surface area (Å²) in [5, 5.41) is 11.7. The fourth-order valence-electron chi connectivity index (χ4n) is 3.88. The number of nitrogens with zero attached hydrogens (tertiary/aromatic N) is 1. The zero-order valence-corrected chi connectivity index (χ0v) is 19.2. The predicted octanol–water partition coefficient (Wildman–Crippen LogP) is 5.64. The van der Waals surface area contributed by atoms with E-state index < -0.39 is 23.5 Å². The standard InChI is InChI=1S/C25H19Cl2NO5/c1-32-17-10-8-14(9-11-17)21-20(22(29)18-12-15(26)13-19(27)24(18)33-2)23(30)25(31)28(21)16-6-4-3-5-7-16/h3-13,21,29H,1-2H3/b22-20+. The summed E-state index contributed by atoms with van der Waals surface area (Å²) in [5.41, 5.74) is 1.12. The van der Waals surface area contributed by atoms with Gasteiger partial charge in [-0.15, -0.1) is 0 Å². The van der Waals surface area contributed by atoms with Crippen LogP contribution >= 0.6 is 23.2 Å². The van der Waals surface area contributed by atoms with E-state index in [1.165, 1.54) is 24.1 Å². The summed E-state index contributed by atoms with van der Waals surface area (Å²) in [7, 11) is 2.93. The Labute approximate surface area is 200 Å². The summed E-state index contributed by atoms with van der Waals surface area (Å²) >= 11 is 12.4. The van der Waals surface area contributed by atoms with E-state index in [0.717, 1.165) is 0 Å². The van der Waals surface area contributed by atoms with Crippen molar-refractivity contribution in [2.75, 3.05) is 19.1 Å². The van der Waals surface area contributed by atoms with Gasteiger partial charge in [0, 0.05) is 10.7 Å². The zero-order chi connectivity index (χ0) is 23.7. The molecule has 3 aromatic rings. The monoisotopic (exact) mass is 483 g/mol. The molecule has 168 valence electrons. The number of para-hydroxylation sites is 1. The number of methoxy groups -OCH3 is 2. The number of rotatable bonds is 5. The minimum atomic E-state index is -0.902. The van der Waals surface area contributed by atoms with E-state index >= 15 is 0 Å². The Balaban J connectivity index is 1.99. The lowest BCUT2D eigenvalue weighted by atomic mass is 9.94. The molecule has 1 heterocycles. The Morgan fingerprint density at radius 1 is 0.939 bits per heavy atom. The molecule has 1 fully saturated rings. The molecule has 4 rings (SSSR count). The van der Waals surface area contributed by atoms with Crippen LogP contribution in [0, 0.1) is 0 Å². The number of ketones is 1. The van der Waals surface area contributed by atoms with Crippen molar-refractivity contribution in [3.05, 3.63) is 93.5 Å². The first-order valence-corrected chi connectivity index (χ1v) is 10.7. The van der Waals surface area contributed by atoms with Crippen LogP contribution in [0.1, 0.15) is 17.2 Å². The van der Waals surface area contributed by atoms with Gasteiger partial charge < -0.3 is 14.6 Å². The first-order chi connectivity index (χ1) is 15.9. The first-order valence-electron chi connectivity index (χ1n) is 9.90. The Kier molecular flexibility index (Phi) is 6.31. The molecular formula is C25H19Cl2NO5. The molecule has 0 aromatic heterocycles. The maximum absolute atomic E-state index is 13.2. The average molecular weight is 484 g/mol. The van der Waals surface area contributed by atoms with Gasteiger partial charge in [-0.1, -0.05) is 53.5 Å². The number of carbonyl (C=O) groups is 2. The van der Waals surface area contributed by atoms with Crippen LogP contribution < -0.4 is 14.4 Å². The Morgan fingerprint density at radius 2 is 1.61 bits per heavy atom. The minimum Gasteiger partial charge on any atom is -0.507 e. The number of ether oxygens (including phenoxy) is 2. The summed E-state index contributed by atoms with van der Waals surface area (Å²) in [6.07, 6.45) is 0. The Morgan fingerprint density at radius 3 is 2.21 bits per heavy atom. The molecule has 1 aliphatic rings. The van der Waals surface area contributed by atoms with E-state index in [9.17, 15) is 14.7 Å². The molecule has 1 aliphatic heterocycles. The molecule has 0 bridgehead atoms. The number of Topliss-reactive ketones (excluding diaryl/α,β-unsaturated/α-hetero) is 1. The van der Waals surface area contributed by atoms with Crippen LogP contribution in [0.25, 0.3) is 5.76 Å². The number of carbonyl (C=O) groups excluding carboxylic acids is 2. The molecule has 1 saturated heterocycles. The van der Waals surface area contributed by atoms with E-state index in [4.69, 9.17) is 32.7 Å². The Hall–Kier alpha value is -3.48. The third kappa shape index (κ3) is 4.03. The minimum absolute atomic E-state index is 0.106. The van der Waals surface area contributed by atoms with Crippen LogP contribution in [0.2, 0.25) is 10.0 Å². The fraction of sp³-hybridized carbons (Fsp3) is 0.120. The SMILES string of the molecule is COc1ccc(C2/C(=C(\O)c3cc(Cl)cc(Cl)c3OC)C(=O)C(=O)N2c2ccccc2)cc1. The highest BCUT2D eigenvalue weighted by molar-refractivity contribution is 6.51. The molecule has 8 heteroatoms. The van der Waals surface area contributed by atoms with Gasteiger partial charge in [-0.3, -0.25) is 14.5 Å². The summed E-state index contributed by atoms with van der Waals surface area (Å²) in [5.74, 6) is -1.29. The quantitative estimate of drug-likeness (QED) is 0.288. The van der Waals surface area contributed by atoms with Crippen molar-refractivity contribution >= 4 is 46.3 Å². The number of aliphatic hydroxyl groups excluding tert-OH is 1. The average Bonchev–Trinajstić information content (AvgIpc) is 3.09. The van der Waals surface area contributed by atoms with Crippen LogP contribution in [0.15, 0.2) is 72.3 Å². The second-order valence-electron chi connectivity index (χ2n) is 7.25. The normalized spacial score (nSPS) is 17.3. The van der Waals surface area contributed by atoms with Crippen LogP contribution in [-0.2, 0) is 9.59 Å². The second-order valence-corrected chi connectivity index (χ2v) is 8.09. The van der Waals surface area contributed by atoms with Gasteiger partial charge in [0.05, 0.1) is 36.4 Å². The van der Waals surface area contributed by atoms with E-state index in [2.05, 4.69) is 0 Å². The van der Waals surface area contributed by atoms with Crippen molar-refractivity contribution in [1.29, 1.82) is 0 Å². The van der Waals surface area contributed by atoms with E-state index in [-0.39, 0.29) is 26.9 Å². The molecule has 1 unspecified atom stereocenters. The van der Waals surface area contributed by atoms with Gasteiger partial charge in [0.25, 0.3) is 11.7 Å². The van der Waals surface area contributed by atoms with Gasteiger partial charge in [-0.05, 0) is 42.0 Å². The number of hydrogen-bond acceptors (Lipinski definition) is 5. The third-order valence-corrected chi connectivity index (χ3v) is 5.88. The van der Waals surface area contributed by atoms with Crippen molar-refractivity contribution in [2.45, 2.75) is 6.04 Å². The summed E-state index contributed by atoms with van der Waals surface area (Å²) in [4.78, 5) is 27.8. The smallest absolute Gasteiger partial charge is 0.300 e. The van der Waals surface area contributed by atoms with Crippen molar-refractivity contribution in [3.8, 4) is 11.5 Å². The summed E-state index contributed by atoms with van der Waals surface area (Å²) in [6.45, 7) is 0. The number of halogens is 2. The van der Waals surface area contributed by atoms with E-state index in [1.807, 2.05) is 0 Å². The van der Waals surface area contributed by atoms with Gasteiger partial charge in [0.15, 0.2) is 0 Å². The van der Waals surface area contributed by atoms with Crippen LogP contribution in [0.3, 0.4) is 0 Å². The molecule has 0 aliphatic carbocycles. The van der Waals surface area contributed by atoms with E-state index in [0.29, 0.717) is 17.0 Å². The van der Waals surface area contributed by atoms with E-state index in [1.54, 1.807) is 61.7 Å². The number of benzene rings is 3. The molecule has 0 radical (unpaired) electrons. The van der Waals surface area contributed by atoms with Crippen LogP contribution in [-0.4, -0.2) is 31.0 Å². The highest BCUT2D eigenvalue weighted by atomic mass is 35.5. The molecule has 6 nitrogen and oxygen atoms in total. The number of amides is 1. The molecule has 3 aromatic carbocycles. The molecule has 33 heavy (non-hydrogen) atoms. The van der Waals surface area contributed by atoms with Gasteiger partial charge in [-0.25, -0.2) is 0 Å². The highest BCUT2D eigenvalue weighted by Gasteiger charge is 2.47. The second kappa shape index (κ2) is 9.17. The predicted molar refractivity (Wildman–Crippen MR) is 127 cm³/mol. The fourth-order valence-corrected chi connectivity index (χ4v) is 4.45. The van der Waals surface area contributed by atoms with Crippen molar-refractivity contribution in [2.24, 2.45) is 0 Å². The third-order valence-electron chi connectivity index (χ3n) is 5.38. The first kappa shape index (κ1) is 22.7. The topological polar surface area (TPSA) is 76.1 Å². The number of aliphatic hydroxyl groups is 1. The van der Waals surface area contributed by atoms with Crippen molar-refractivity contribution < 1.29 is 24.2 Å². The Bertz CT molecular complexity index is 1260. The van der Waals surface area contributed by atoms with Gasteiger partial charge in [0.1, 0.15) is 17.3 Å². The summed E-state index contributed by atoms with van der Waals surface area (Å²) < 4.78 is 10.6. The lowest BCUT2D eigenvalue weighted by Gasteiger charge is -2.25. The molecule has 1 N–H and O–H groups in total. The van der Waals surface area contributed by atoms with Gasteiger partial charge in [-0.2, -0.15) is 0 Å². The molecule has 0 spiro atoms. The molecule has 1 amide bonds. The summed E-state index contributed by atoms with van der Waals surface area (Å²) in [6, 6.07) is 17.7. The number of anilines is 1. The lowest BCUT2D eigenvalue weighted by Crippen LogP contribution is -2.29. The maximum Gasteiger partial charge on any atom is 0.300 e. The molecule has 0 saturated carbocycles. The van der Waals surface area contributed by atoms with Gasteiger partial charge >= 0.3 is 0 Å². The van der Waals surface area contributed by atoms with Crippen molar-refractivity contribution in [3.63, 3.8) is 0 Å². The zero-order valence-electron chi connectivity index (χ0n) is 17.7. The molecular weight excluding hydrogens is 465 g/mol. The molecule has 1 atom stereocenters. The van der Waals surface area contributed by atoms with Crippen LogP contribution in [0.5, 0.6) is 11.5 Å². The van der Waals surface area contributed by atoms with Gasteiger partial charge in [0.2, 0.25) is 0 Å². The lowest BCUT2D eigenvalue weighted by molar-refractivity contribution is -0.132. The largest absolute Gasteiger partial charge is 0.507 e.